The van der Waals surface area contributed by atoms with E-state index in [9.17, 15) is 12.8 Å². The minimum atomic E-state index is -3.46. The number of pyridine rings is 1. The summed E-state index contributed by atoms with van der Waals surface area (Å²) in [6.07, 6.45) is 2.44. The van der Waals surface area contributed by atoms with Crippen LogP contribution in [0, 0.1) is 5.82 Å². The molecule has 1 aromatic heterocycles. The molecule has 1 heterocycles. The highest BCUT2D eigenvalue weighted by Gasteiger charge is 2.11. The Bertz CT molecular complexity index is 994. The van der Waals surface area contributed by atoms with E-state index in [1.54, 1.807) is 30.3 Å². The van der Waals surface area contributed by atoms with E-state index in [0.717, 1.165) is 5.56 Å². The molecule has 3 aromatic rings. The van der Waals surface area contributed by atoms with Gasteiger partial charge in [-0.15, -0.1) is 0 Å². The van der Waals surface area contributed by atoms with E-state index in [1.165, 1.54) is 12.3 Å². The third kappa shape index (κ3) is 6.06. The first-order chi connectivity index (χ1) is 13.5. The fourth-order valence-electron chi connectivity index (χ4n) is 2.71. The summed E-state index contributed by atoms with van der Waals surface area (Å²) < 4.78 is 40.6. The van der Waals surface area contributed by atoms with Crippen LogP contribution in [0.5, 0.6) is 0 Å². The Morgan fingerprint density at radius 3 is 2.36 bits per heavy atom. The molecule has 0 saturated carbocycles. The lowest BCUT2D eigenvalue weighted by Crippen LogP contribution is -2.18. The maximum absolute atomic E-state index is 13.6. The first-order valence-corrected chi connectivity index (χ1v) is 10.6. The van der Waals surface area contributed by atoms with Gasteiger partial charge in [0.15, 0.2) is 0 Å². The van der Waals surface area contributed by atoms with Gasteiger partial charge >= 0.3 is 0 Å². The number of nitrogens with one attached hydrogen (secondary N) is 2. The van der Waals surface area contributed by atoms with Crippen LogP contribution >= 0.6 is 0 Å². The molecule has 0 amide bonds. The summed E-state index contributed by atoms with van der Waals surface area (Å²) in [7, 11) is -3.46. The molecule has 7 heteroatoms. The van der Waals surface area contributed by atoms with E-state index >= 15 is 0 Å². The van der Waals surface area contributed by atoms with Crippen LogP contribution in [0.1, 0.15) is 11.1 Å². The van der Waals surface area contributed by atoms with E-state index in [4.69, 9.17) is 0 Å². The predicted octanol–water partition coefficient (Wildman–Crippen LogP) is 3.86. The Hall–Kier alpha value is -2.93. The lowest BCUT2D eigenvalue weighted by atomic mass is 10.1. The molecule has 0 atom stereocenters. The van der Waals surface area contributed by atoms with Gasteiger partial charge in [-0.25, -0.2) is 17.8 Å². The van der Waals surface area contributed by atoms with Crippen molar-refractivity contribution in [3.63, 3.8) is 0 Å². The van der Waals surface area contributed by atoms with Crippen molar-refractivity contribution in [1.29, 1.82) is 0 Å². The number of sulfonamides is 1. The van der Waals surface area contributed by atoms with Crippen LogP contribution in [-0.2, 0) is 22.9 Å². The van der Waals surface area contributed by atoms with Crippen LogP contribution in [0.3, 0.4) is 0 Å². The van der Waals surface area contributed by atoms with Crippen LogP contribution in [0.15, 0.2) is 72.9 Å². The van der Waals surface area contributed by atoms with Gasteiger partial charge in [-0.3, -0.25) is 4.72 Å². The average Bonchev–Trinajstić information content (AvgIpc) is 2.70. The van der Waals surface area contributed by atoms with Gasteiger partial charge in [0, 0.05) is 6.54 Å². The van der Waals surface area contributed by atoms with Crippen molar-refractivity contribution in [1.82, 2.24) is 4.98 Å². The summed E-state index contributed by atoms with van der Waals surface area (Å²) in [6, 6.07) is 19.5. The second kappa shape index (κ2) is 9.32. The van der Waals surface area contributed by atoms with Crippen LogP contribution < -0.4 is 10.0 Å². The number of aromatic nitrogens is 1. The molecular weight excluding hydrogens is 377 g/mol. The number of hydrogen-bond acceptors (Lipinski definition) is 4. The maximum atomic E-state index is 13.6. The minimum Gasteiger partial charge on any atom is -0.370 e. The smallest absolute Gasteiger partial charge is 0.233 e. The fourth-order valence-corrected chi connectivity index (χ4v) is 3.80. The number of rotatable bonds is 9. The van der Waals surface area contributed by atoms with Crippen molar-refractivity contribution in [3.8, 4) is 0 Å². The Morgan fingerprint density at radius 2 is 1.64 bits per heavy atom. The SMILES string of the molecule is O=S(=O)(CCc1ccccc1)Nc1ccc(NCCc2ccccc2F)nc1. The van der Waals surface area contributed by atoms with Crippen LogP contribution in [-0.4, -0.2) is 25.7 Å². The molecule has 0 aliphatic rings. The van der Waals surface area contributed by atoms with E-state index in [0.29, 0.717) is 36.5 Å². The predicted molar refractivity (Wildman–Crippen MR) is 110 cm³/mol. The number of anilines is 2. The van der Waals surface area contributed by atoms with Crippen molar-refractivity contribution >= 4 is 21.5 Å². The molecule has 2 aromatic carbocycles. The van der Waals surface area contributed by atoms with E-state index < -0.39 is 10.0 Å². The lowest BCUT2D eigenvalue weighted by Gasteiger charge is -2.10. The van der Waals surface area contributed by atoms with E-state index in [2.05, 4.69) is 15.0 Å². The van der Waals surface area contributed by atoms with Gasteiger partial charge in [0.1, 0.15) is 11.6 Å². The second-order valence-electron chi connectivity index (χ2n) is 6.36. The third-order valence-electron chi connectivity index (χ3n) is 4.20. The molecule has 3 rings (SSSR count). The summed E-state index contributed by atoms with van der Waals surface area (Å²) >= 11 is 0. The molecule has 0 spiro atoms. The van der Waals surface area contributed by atoms with Gasteiger partial charge < -0.3 is 5.32 Å². The van der Waals surface area contributed by atoms with Gasteiger partial charge in [-0.1, -0.05) is 48.5 Å². The number of benzene rings is 2. The molecule has 0 bridgehead atoms. The molecule has 0 saturated heterocycles. The Morgan fingerprint density at radius 1 is 0.893 bits per heavy atom. The zero-order valence-corrected chi connectivity index (χ0v) is 16.1. The normalized spacial score (nSPS) is 11.2. The summed E-state index contributed by atoms with van der Waals surface area (Å²) in [5.41, 5.74) is 2.02. The van der Waals surface area contributed by atoms with Crippen molar-refractivity contribution in [2.45, 2.75) is 12.8 Å². The quantitative estimate of drug-likeness (QED) is 0.573. The number of nitrogens with zero attached hydrogens (tertiary/aromatic N) is 1. The highest BCUT2D eigenvalue weighted by atomic mass is 32.2. The van der Waals surface area contributed by atoms with Crippen molar-refractivity contribution in [2.75, 3.05) is 22.3 Å². The zero-order chi connectivity index (χ0) is 19.8. The monoisotopic (exact) mass is 399 g/mol. The summed E-state index contributed by atoms with van der Waals surface area (Å²) in [6.45, 7) is 0.524. The molecule has 0 radical (unpaired) electrons. The standard InChI is InChI=1S/C21H22FN3O2S/c22-20-9-5-4-8-18(20)12-14-23-21-11-10-19(16-24-21)25-28(26,27)15-13-17-6-2-1-3-7-17/h1-11,16,25H,12-15H2,(H,23,24). The largest absolute Gasteiger partial charge is 0.370 e. The van der Waals surface area contributed by atoms with Crippen LogP contribution in [0.4, 0.5) is 15.9 Å². The van der Waals surface area contributed by atoms with Crippen molar-refractivity contribution < 1.29 is 12.8 Å². The fraction of sp³-hybridized carbons (Fsp3) is 0.190. The summed E-state index contributed by atoms with van der Waals surface area (Å²) in [4.78, 5) is 4.20. The maximum Gasteiger partial charge on any atom is 0.233 e. The average molecular weight is 399 g/mol. The van der Waals surface area contributed by atoms with Crippen molar-refractivity contribution in [3.05, 3.63) is 89.9 Å². The first-order valence-electron chi connectivity index (χ1n) is 8.99. The molecule has 0 aliphatic heterocycles. The minimum absolute atomic E-state index is 0.000343. The highest BCUT2D eigenvalue weighted by Crippen LogP contribution is 2.13. The molecule has 28 heavy (non-hydrogen) atoms. The van der Waals surface area contributed by atoms with Gasteiger partial charge in [-0.05, 0) is 42.2 Å². The summed E-state index contributed by atoms with van der Waals surface area (Å²) in [5.74, 6) is 0.376. The zero-order valence-electron chi connectivity index (χ0n) is 15.3. The van der Waals surface area contributed by atoms with E-state index in [-0.39, 0.29) is 11.6 Å². The van der Waals surface area contributed by atoms with Crippen LogP contribution in [0.2, 0.25) is 0 Å². The van der Waals surface area contributed by atoms with Crippen LogP contribution in [0.25, 0.3) is 0 Å². The topological polar surface area (TPSA) is 71.1 Å². The number of aryl methyl sites for hydroxylation is 1. The number of halogens is 1. The molecular formula is C21H22FN3O2S. The molecule has 0 unspecified atom stereocenters. The molecule has 2 N–H and O–H groups in total. The van der Waals surface area contributed by atoms with Gasteiger partial charge in [0.25, 0.3) is 0 Å². The van der Waals surface area contributed by atoms with Crippen molar-refractivity contribution in [2.24, 2.45) is 0 Å². The highest BCUT2D eigenvalue weighted by molar-refractivity contribution is 7.92. The Kier molecular flexibility index (Phi) is 6.60. The number of hydrogen-bond donors (Lipinski definition) is 2. The van der Waals surface area contributed by atoms with Gasteiger partial charge in [-0.2, -0.15) is 0 Å². The Balaban J connectivity index is 1.49. The lowest BCUT2D eigenvalue weighted by molar-refractivity contribution is 0.600. The molecule has 0 fully saturated rings. The van der Waals surface area contributed by atoms with Gasteiger partial charge in [0.05, 0.1) is 17.6 Å². The second-order valence-corrected chi connectivity index (χ2v) is 8.20. The first kappa shape index (κ1) is 19.8. The molecule has 146 valence electrons. The van der Waals surface area contributed by atoms with E-state index in [1.807, 2.05) is 30.3 Å². The Labute approximate surface area is 164 Å². The third-order valence-corrected chi connectivity index (χ3v) is 5.49. The van der Waals surface area contributed by atoms with Gasteiger partial charge in [0.2, 0.25) is 10.0 Å². The molecule has 5 nitrogen and oxygen atoms in total. The summed E-state index contributed by atoms with van der Waals surface area (Å²) in [5, 5.41) is 3.10. The molecule has 0 aliphatic carbocycles.